The maximum absolute atomic E-state index is 13.8. The zero-order chi connectivity index (χ0) is 24.1. The van der Waals surface area contributed by atoms with Crippen LogP contribution < -0.4 is 5.73 Å². The molecule has 176 valence electrons. The number of nitriles is 1. The fourth-order valence-electron chi connectivity index (χ4n) is 4.81. The number of hydrogen-bond acceptors (Lipinski definition) is 6. The molecule has 0 saturated heterocycles. The molecule has 2 atom stereocenters. The summed E-state index contributed by atoms with van der Waals surface area (Å²) in [5.41, 5.74) is 7.37. The Labute approximate surface area is 197 Å². The third-order valence-corrected chi connectivity index (χ3v) is 6.54. The van der Waals surface area contributed by atoms with Crippen LogP contribution in [0, 0.1) is 29.0 Å². The van der Waals surface area contributed by atoms with Crippen LogP contribution in [-0.4, -0.2) is 31.0 Å². The fourth-order valence-corrected chi connectivity index (χ4v) is 4.81. The van der Waals surface area contributed by atoms with Crippen molar-refractivity contribution in [2.24, 2.45) is 17.6 Å². The van der Waals surface area contributed by atoms with E-state index in [0.717, 1.165) is 38.5 Å². The number of ketones is 1. The molecule has 8 nitrogen and oxygen atoms in total. The topological polar surface area (TPSA) is 127 Å². The van der Waals surface area contributed by atoms with E-state index in [0.29, 0.717) is 41.7 Å². The molecule has 1 saturated carbocycles. The Morgan fingerprint density at radius 1 is 1.21 bits per heavy atom. The first-order chi connectivity index (χ1) is 16.4. The number of carbonyl (C=O) groups is 2. The van der Waals surface area contributed by atoms with Crippen molar-refractivity contribution in [3.8, 4) is 17.6 Å². The Hall–Kier alpha value is -3.67. The summed E-state index contributed by atoms with van der Waals surface area (Å²) in [5, 5.41) is 8.66. The number of carbonyl (C=O) groups excluding carboxylic acids is 2. The number of imidazole rings is 1. The van der Waals surface area contributed by atoms with E-state index in [1.807, 2.05) is 6.07 Å². The molecule has 4 rings (SSSR count). The van der Waals surface area contributed by atoms with Gasteiger partial charge in [-0.2, -0.15) is 5.26 Å². The summed E-state index contributed by atoms with van der Waals surface area (Å²) in [6, 6.07) is 6.43. The zero-order valence-corrected chi connectivity index (χ0v) is 18.9. The van der Waals surface area contributed by atoms with Gasteiger partial charge in [-0.3, -0.25) is 14.0 Å². The van der Waals surface area contributed by atoms with Crippen LogP contribution >= 0.6 is 0 Å². The first kappa shape index (κ1) is 23.5. The standard InChI is InChI=1S/C25H27FN6O2/c26-18-6-9-23-29-14-22(32(23)15-18)25-30-19(13-21(31-25)24(28)34)7-4-16-2-1-3-17(12-16)5-8-20(33)10-11-27/h6,9,13-17H,1-5,7-8,10,12H2,(H2,28,34). The number of rotatable bonds is 9. The van der Waals surface area contributed by atoms with E-state index < -0.39 is 11.7 Å². The van der Waals surface area contributed by atoms with Gasteiger partial charge >= 0.3 is 0 Å². The van der Waals surface area contributed by atoms with Gasteiger partial charge in [-0.05, 0) is 55.7 Å². The second-order valence-electron chi connectivity index (χ2n) is 9.00. The second kappa shape index (κ2) is 10.5. The number of amides is 1. The SMILES string of the molecule is N#CCC(=O)CCC1CCCC(CCc2cc(C(N)=O)nc(-c3cnc4ccc(F)cn34)n2)C1. The highest BCUT2D eigenvalue weighted by molar-refractivity contribution is 5.91. The lowest BCUT2D eigenvalue weighted by Gasteiger charge is -2.29. The molecule has 0 aliphatic heterocycles. The molecule has 2 N–H and O–H groups in total. The molecule has 1 amide bonds. The summed E-state index contributed by atoms with van der Waals surface area (Å²) in [5.74, 6) is 0.233. The number of pyridine rings is 1. The molecule has 0 bridgehead atoms. The van der Waals surface area contributed by atoms with Crippen molar-refractivity contribution in [2.75, 3.05) is 0 Å². The summed E-state index contributed by atoms with van der Waals surface area (Å²) < 4.78 is 15.4. The monoisotopic (exact) mass is 462 g/mol. The second-order valence-corrected chi connectivity index (χ2v) is 9.00. The molecule has 9 heteroatoms. The van der Waals surface area contributed by atoms with Crippen molar-refractivity contribution < 1.29 is 14.0 Å². The number of primary amides is 1. The molecule has 0 aromatic carbocycles. The highest BCUT2D eigenvalue weighted by atomic mass is 19.1. The van der Waals surface area contributed by atoms with Crippen molar-refractivity contribution in [1.82, 2.24) is 19.4 Å². The molecule has 2 unspecified atom stereocenters. The van der Waals surface area contributed by atoms with Crippen LogP contribution in [0.2, 0.25) is 0 Å². The summed E-state index contributed by atoms with van der Waals surface area (Å²) in [6.07, 6.45) is 10.1. The minimum absolute atomic E-state index is 0.00644. The molecular formula is C25H27FN6O2. The number of nitrogens with two attached hydrogens (primary N) is 1. The van der Waals surface area contributed by atoms with Gasteiger partial charge in [0.1, 0.15) is 28.6 Å². The van der Waals surface area contributed by atoms with Crippen molar-refractivity contribution in [1.29, 1.82) is 5.26 Å². The highest BCUT2D eigenvalue weighted by Crippen LogP contribution is 2.34. The van der Waals surface area contributed by atoms with Gasteiger partial charge in [0.2, 0.25) is 0 Å². The minimum Gasteiger partial charge on any atom is -0.364 e. The van der Waals surface area contributed by atoms with Crippen LogP contribution in [-0.2, 0) is 11.2 Å². The Bertz CT molecular complexity index is 1250. The number of aromatic nitrogens is 4. The van der Waals surface area contributed by atoms with Gasteiger partial charge in [0.05, 0.1) is 18.7 Å². The van der Waals surface area contributed by atoms with Crippen molar-refractivity contribution in [2.45, 2.75) is 57.8 Å². The Kier molecular flexibility index (Phi) is 7.26. The minimum atomic E-state index is -0.648. The smallest absolute Gasteiger partial charge is 0.267 e. The molecule has 3 heterocycles. The Morgan fingerprint density at radius 3 is 2.76 bits per heavy atom. The van der Waals surface area contributed by atoms with Gasteiger partial charge in [-0.25, -0.2) is 19.3 Å². The summed E-state index contributed by atoms with van der Waals surface area (Å²) >= 11 is 0. The van der Waals surface area contributed by atoms with E-state index in [-0.39, 0.29) is 23.7 Å². The number of aryl methyl sites for hydroxylation is 1. The van der Waals surface area contributed by atoms with Crippen LogP contribution in [0.1, 0.15) is 67.5 Å². The number of nitrogens with zero attached hydrogens (tertiary/aromatic N) is 5. The predicted octanol–water partition coefficient (Wildman–Crippen LogP) is 4.03. The first-order valence-corrected chi connectivity index (χ1v) is 11.6. The third-order valence-electron chi connectivity index (χ3n) is 6.54. The van der Waals surface area contributed by atoms with Gasteiger partial charge in [0.15, 0.2) is 5.82 Å². The van der Waals surface area contributed by atoms with E-state index in [4.69, 9.17) is 11.0 Å². The largest absolute Gasteiger partial charge is 0.364 e. The fraction of sp³-hybridized carbons (Fsp3) is 0.440. The van der Waals surface area contributed by atoms with Crippen LogP contribution in [0.3, 0.4) is 0 Å². The molecular weight excluding hydrogens is 435 g/mol. The van der Waals surface area contributed by atoms with E-state index in [2.05, 4.69) is 15.0 Å². The van der Waals surface area contributed by atoms with Crippen molar-refractivity contribution >= 4 is 17.3 Å². The maximum atomic E-state index is 13.8. The van der Waals surface area contributed by atoms with Crippen LogP contribution in [0.15, 0.2) is 30.6 Å². The van der Waals surface area contributed by atoms with Gasteiger partial charge < -0.3 is 5.73 Å². The lowest BCUT2D eigenvalue weighted by Crippen LogP contribution is -2.18. The number of halogens is 1. The number of hydrogen-bond donors (Lipinski definition) is 1. The predicted molar refractivity (Wildman–Crippen MR) is 123 cm³/mol. The zero-order valence-electron chi connectivity index (χ0n) is 18.9. The average molecular weight is 463 g/mol. The lowest BCUT2D eigenvalue weighted by atomic mass is 9.77. The Balaban J connectivity index is 1.47. The number of fused-ring (bicyclic) bond motifs is 1. The first-order valence-electron chi connectivity index (χ1n) is 11.6. The summed E-state index contributed by atoms with van der Waals surface area (Å²) in [7, 11) is 0. The maximum Gasteiger partial charge on any atom is 0.267 e. The molecule has 1 fully saturated rings. The van der Waals surface area contributed by atoms with Crippen molar-refractivity contribution in [3.63, 3.8) is 0 Å². The van der Waals surface area contributed by atoms with Gasteiger partial charge in [-0.15, -0.1) is 0 Å². The molecule has 3 aromatic rings. The summed E-state index contributed by atoms with van der Waals surface area (Å²) in [4.78, 5) is 36.8. The van der Waals surface area contributed by atoms with E-state index in [1.165, 1.54) is 12.3 Å². The summed E-state index contributed by atoms with van der Waals surface area (Å²) in [6.45, 7) is 0. The quantitative estimate of drug-likeness (QED) is 0.511. The van der Waals surface area contributed by atoms with Crippen LogP contribution in [0.4, 0.5) is 4.39 Å². The lowest BCUT2D eigenvalue weighted by molar-refractivity contribution is -0.118. The van der Waals surface area contributed by atoms with Crippen molar-refractivity contribution in [3.05, 3.63) is 47.8 Å². The Morgan fingerprint density at radius 2 is 2.00 bits per heavy atom. The van der Waals surface area contributed by atoms with E-state index >= 15 is 0 Å². The molecule has 3 aromatic heterocycles. The van der Waals surface area contributed by atoms with Gasteiger partial charge in [-0.1, -0.05) is 19.3 Å². The molecule has 1 aliphatic rings. The van der Waals surface area contributed by atoms with Gasteiger partial charge in [0, 0.05) is 18.3 Å². The van der Waals surface area contributed by atoms with E-state index in [9.17, 15) is 14.0 Å². The van der Waals surface area contributed by atoms with E-state index in [1.54, 1.807) is 22.7 Å². The molecule has 34 heavy (non-hydrogen) atoms. The van der Waals surface area contributed by atoms with Gasteiger partial charge in [0.25, 0.3) is 5.91 Å². The van der Waals surface area contributed by atoms with Crippen LogP contribution in [0.25, 0.3) is 17.2 Å². The third kappa shape index (κ3) is 5.63. The molecule has 0 spiro atoms. The average Bonchev–Trinajstić information content (AvgIpc) is 3.25. The highest BCUT2D eigenvalue weighted by Gasteiger charge is 2.23. The number of Topliss-reactive ketones (excluding diaryl/α,β-unsaturated/α-hetero) is 1. The molecule has 1 aliphatic carbocycles. The van der Waals surface area contributed by atoms with Crippen LogP contribution in [0.5, 0.6) is 0 Å². The normalized spacial score (nSPS) is 18.0. The molecule has 0 radical (unpaired) electrons.